The number of hydrogen-bond donors (Lipinski definition) is 0. The van der Waals surface area contributed by atoms with Crippen LogP contribution in [0.1, 0.15) is 6.92 Å². The Hall–Kier alpha value is -1.03. The van der Waals surface area contributed by atoms with Crippen molar-refractivity contribution in [3.63, 3.8) is 0 Å². The fourth-order valence-electron chi connectivity index (χ4n) is 0.299. The van der Waals surface area contributed by atoms with Gasteiger partial charge in [0.25, 0.3) is 0 Å². The molecule has 0 radical (unpaired) electrons. The summed E-state index contributed by atoms with van der Waals surface area (Å²) in [5.41, 5.74) is 0.227. The second-order valence-electron chi connectivity index (χ2n) is 1.30. The molecule has 0 amide bonds. The highest BCUT2D eigenvalue weighted by Gasteiger charge is 1.88. The molecule has 0 spiro atoms. The molecule has 8 heavy (non-hydrogen) atoms. The Kier molecular flexibility index (Phi) is 2.64. The fraction of sp³-hybridized carbons (Fsp3) is 0.143. The van der Waals surface area contributed by atoms with Gasteiger partial charge in [0.15, 0.2) is 0 Å². The van der Waals surface area contributed by atoms with Crippen molar-refractivity contribution in [3.8, 4) is 12.3 Å². The summed E-state index contributed by atoms with van der Waals surface area (Å²) >= 11 is 0. The average Bonchev–Trinajstić information content (AvgIpc) is 1.69. The zero-order chi connectivity index (χ0) is 6.57. The number of halogens is 1. The molecular formula is C7H7F. The van der Waals surface area contributed by atoms with Crippen LogP contribution < -0.4 is 0 Å². The predicted molar refractivity (Wildman–Crippen MR) is 32.8 cm³/mol. The van der Waals surface area contributed by atoms with Crippen LogP contribution in [0.25, 0.3) is 0 Å². The molecule has 0 saturated heterocycles. The second kappa shape index (κ2) is 3.04. The Morgan fingerprint density at radius 2 is 2.38 bits per heavy atom. The lowest BCUT2D eigenvalue weighted by molar-refractivity contribution is 0.636. The molecule has 0 aromatic heterocycles. The van der Waals surface area contributed by atoms with Crippen molar-refractivity contribution in [2.24, 2.45) is 0 Å². The molecule has 0 aliphatic heterocycles. The van der Waals surface area contributed by atoms with E-state index in [9.17, 15) is 4.39 Å². The summed E-state index contributed by atoms with van der Waals surface area (Å²) in [6.45, 7) is 4.62. The Morgan fingerprint density at radius 3 is 2.38 bits per heavy atom. The summed E-state index contributed by atoms with van der Waals surface area (Å²) < 4.78 is 12.0. The van der Waals surface area contributed by atoms with Gasteiger partial charge in [0.2, 0.25) is 0 Å². The highest BCUT2D eigenvalue weighted by Crippen LogP contribution is 2.03. The lowest BCUT2D eigenvalue weighted by Gasteiger charge is -1.85. The van der Waals surface area contributed by atoms with E-state index >= 15 is 0 Å². The first-order valence-electron chi connectivity index (χ1n) is 2.17. The van der Waals surface area contributed by atoms with Crippen molar-refractivity contribution >= 4 is 0 Å². The molecule has 0 aliphatic carbocycles. The molecule has 0 heterocycles. The molecule has 0 aliphatic rings. The van der Waals surface area contributed by atoms with E-state index < -0.39 is 0 Å². The van der Waals surface area contributed by atoms with Gasteiger partial charge in [0.05, 0.1) is 5.57 Å². The molecule has 0 nitrogen and oxygen atoms in total. The van der Waals surface area contributed by atoms with E-state index in [2.05, 4.69) is 12.5 Å². The summed E-state index contributed by atoms with van der Waals surface area (Å²) in [5, 5.41) is 0. The predicted octanol–water partition coefficient (Wildman–Crippen LogP) is 2.05. The largest absolute Gasteiger partial charge is 0.211 e. The van der Waals surface area contributed by atoms with Crippen LogP contribution >= 0.6 is 0 Å². The van der Waals surface area contributed by atoms with Crippen molar-refractivity contribution in [2.45, 2.75) is 6.92 Å². The first-order chi connectivity index (χ1) is 3.72. The minimum absolute atomic E-state index is 0.227. The van der Waals surface area contributed by atoms with Gasteiger partial charge < -0.3 is 0 Å². The lowest BCUT2D eigenvalue weighted by Crippen LogP contribution is -1.71. The molecule has 1 heteroatoms. The zero-order valence-electron chi connectivity index (χ0n) is 4.74. The van der Waals surface area contributed by atoms with E-state index in [0.29, 0.717) is 0 Å². The highest BCUT2D eigenvalue weighted by atomic mass is 19.1. The van der Waals surface area contributed by atoms with Crippen LogP contribution in [0, 0.1) is 12.3 Å². The van der Waals surface area contributed by atoms with E-state index in [1.807, 2.05) is 0 Å². The highest BCUT2D eigenvalue weighted by molar-refractivity contribution is 5.36. The van der Waals surface area contributed by atoms with E-state index in [1.165, 1.54) is 13.0 Å². The Balaban J connectivity index is 4.38. The smallest absolute Gasteiger partial charge is 0.112 e. The normalized spacial score (nSPS) is 11.6. The van der Waals surface area contributed by atoms with Crippen LogP contribution in [0.2, 0.25) is 0 Å². The van der Waals surface area contributed by atoms with Gasteiger partial charge >= 0.3 is 0 Å². The quantitative estimate of drug-likeness (QED) is 0.358. The molecule has 0 saturated carbocycles. The molecule has 0 N–H and O–H groups in total. The van der Waals surface area contributed by atoms with E-state index in [4.69, 9.17) is 6.42 Å². The third kappa shape index (κ3) is 1.61. The summed E-state index contributed by atoms with van der Waals surface area (Å²) in [6, 6.07) is 0. The van der Waals surface area contributed by atoms with Gasteiger partial charge in [-0.05, 0) is 6.92 Å². The summed E-state index contributed by atoms with van der Waals surface area (Å²) in [7, 11) is 0. The zero-order valence-corrected chi connectivity index (χ0v) is 4.74. The summed E-state index contributed by atoms with van der Waals surface area (Å²) in [5.74, 6) is 1.78. The van der Waals surface area contributed by atoms with E-state index in [-0.39, 0.29) is 11.4 Å². The Bertz CT molecular complexity index is 154. The van der Waals surface area contributed by atoms with E-state index in [1.54, 1.807) is 0 Å². The molecule has 0 fully saturated rings. The van der Waals surface area contributed by atoms with Crippen molar-refractivity contribution in [1.82, 2.24) is 0 Å². The van der Waals surface area contributed by atoms with Crippen LogP contribution in [-0.2, 0) is 0 Å². The first kappa shape index (κ1) is 6.97. The number of hydrogen-bond acceptors (Lipinski definition) is 0. The molecule has 0 rings (SSSR count). The van der Waals surface area contributed by atoms with Gasteiger partial charge in [-0.1, -0.05) is 18.6 Å². The molecule has 0 atom stereocenters. The monoisotopic (exact) mass is 110 g/mol. The number of rotatable bonds is 1. The topological polar surface area (TPSA) is 0 Å². The van der Waals surface area contributed by atoms with Gasteiger partial charge in [0.1, 0.15) is 5.83 Å². The molecule has 0 unspecified atom stereocenters. The summed E-state index contributed by atoms with van der Waals surface area (Å²) in [6.07, 6.45) is 6.18. The van der Waals surface area contributed by atoms with Gasteiger partial charge in [-0.15, -0.1) is 6.42 Å². The molecule has 42 valence electrons. The van der Waals surface area contributed by atoms with E-state index in [0.717, 1.165) is 0 Å². The van der Waals surface area contributed by atoms with Crippen molar-refractivity contribution in [1.29, 1.82) is 0 Å². The maximum absolute atomic E-state index is 12.0. The first-order valence-corrected chi connectivity index (χ1v) is 2.17. The van der Waals surface area contributed by atoms with Crippen molar-refractivity contribution < 1.29 is 4.39 Å². The number of allylic oxidation sites excluding steroid dienone is 3. The molecular weight excluding hydrogens is 103 g/mol. The van der Waals surface area contributed by atoms with Gasteiger partial charge in [-0.3, -0.25) is 0 Å². The lowest BCUT2D eigenvalue weighted by atomic mass is 10.2. The average molecular weight is 110 g/mol. The van der Waals surface area contributed by atoms with Crippen LogP contribution in [-0.4, -0.2) is 0 Å². The van der Waals surface area contributed by atoms with Crippen LogP contribution in [0.5, 0.6) is 0 Å². The minimum Gasteiger partial charge on any atom is -0.211 e. The molecule has 0 aromatic rings. The van der Waals surface area contributed by atoms with Crippen LogP contribution in [0.4, 0.5) is 4.39 Å². The van der Waals surface area contributed by atoms with Gasteiger partial charge in [0, 0.05) is 0 Å². The van der Waals surface area contributed by atoms with Crippen LogP contribution in [0.3, 0.4) is 0 Å². The summed E-state index contributed by atoms with van der Waals surface area (Å²) in [4.78, 5) is 0. The maximum Gasteiger partial charge on any atom is 0.112 e. The molecule has 0 bridgehead atoms. The van der Waals surface area contributed by atoms with Gasteiger partial charge in [-0.2, -0.15) is 0 Å². The maximum atomic E-state index is 12.0. The fourth-order valence-corrected chi connectivity index (χ4v) is 0.299. The number of terminal acetylenes is 1. The minimum atomic E-state index is -0.359. The third-order valence-electron chi connectivity index (χ3n) is 0.731. The molecule has 0 aromatic carbocycles. The Morgan fingerprint density at radius 1 is 1.88 bits per heavy atom. The Labute approximate surface area is 48.7 Å². The second-order valence-corrected chi connectivity index (χ2v) is 1.30. The standard InChI is InChI=1S/C7H7F/c1-4-7(5-2)6(3)8/h1,5H,2H2,3H3/b7-6+. The van der Waals surface area contributed by atoms with Crippen molar-refractivity contribution in [3.05, 3.63) is 24.1 Å². The SMILES string of the molecule is C#C/C(C=C)=C(/C)F. The van der Waals surface area contributed by atoms with Gasteiger partial charge in [-0.25, -0.2) is 4.39 Å². The van der Waals surface area contributed by atoms with Crippen molar-refractivity contribution in [2.75, 3.05) is 0 Å². The van der Waals surface area contributed by atoms with Crippen LogP contribution in [0.15, 0.2) is 24.1 Å². The third-order valence-corrected chi connectivity index (χ3v) is 0.731.